The first kappa shape index (κ1) is 15.7. The molecule has 120 valence electrons. The standard InChI is InChI=1S/C18H21N3O2/c1-18(2)12-21(10-14(23-18)11-22-3)17-8-13(9-19)15-6-4-5-7-16(15)20-17/h4-8,14H,10-12H2,1-3H3/t14-/m0/s1. The van der Waals surface area contributed by atoms with E-state index in [1.54, 1.807) is 7.11 Å². The number of rotatable bonds is 3. The fourth-order valence-corrected chi connectivity index (χ4v) is 3.16. The Bertz CT molecular complexity index is 752. The van der Waals surface area contributed by atoms with Gasteiger partial charge >= 0.3 is 0 Å². The number of nitrogens with zero attached hydrogens (tertiary/aromatic N) is 3. The average Bonchev–Trinajstić information content (AvgIpc) is 2.52. The molecule has 1 aromatic heterocycles. The summed E-state index contributed by atoms with van der Waals surface area (Å²) in [6.07, 6.45) is -0.0115. The molecular weight excluding hydrogens is 290 g/mol. The fourth-order valence-electron chi connectivity index (χ4n) is 3.16. The summed E-state index contributed by atoms with van der Waals surface area (Å²) >= 11 is 0. The third-order valence-electron chi connectivity index (χ3n) is 3.98. The second-order valence-electron chi connectivity index (χ2n) is 6.49. The van der Waals surface area contributed by atoms with E-state index < -0.39 is 0 Å². The smallest absolute Gasteiger partial charge is 0.130 e. The Kier molecular flexibility index (Phi) is 4.20. The highest BCUT2D eigenvalue weighted by atomic mass is 16.5. The van der Waals surface area contributed by atoms with E-state index in [4.69, 9.17) is 14.5 Å². The first-order valence-corrected chi connectivity index (χ1v) is 7.74. The monoisotopic (exact) mass is 311 g/mol. The molecule has 1 fully saturated rings. The highest BCUT2D eigenvalue weighted by Crippen LogP contribution is 2.28. The van der Waals surface area contributed by atoms with Gasteiger partial charge in [0.15, 0.2) is 0 Å². The van der Waals surface area contributed by atoms with E-state index in [1.807, 2.05) is 30.3 Å². The number of para-hydroxylation sites is 1. The van der Waals surface area contributed by atoms with E-state index in [1.165, 1.54) is 0 Å². The summed E-state index contributed by atoms with van der Waals surface area (Å²) in [6, 6.07) is 11.9. The van der Waals surface area contributed by atoms with Crippen LogP contribution in [-0.4, -0.2) is 43.5 Å². The number of methoxy groups -OCH3 is 1. The topological polar surface area (TPSA) is 58.4 Å². The third kappa shape index (κ3) is 3.29. The van der Waals surface area contributed by atoms with E-state index in [-0.39, 0.29) is 11.7 Å². The number of morpholine rings is 1. The summed E-state index contributed by atoms with van der Waals surface area (Å²) in [6.45, 7) is 6.09. The van der Waals surface area contributed by atoms with Crippen molar-refractivity contribution in [1.29, 1.82) is 5.26 Å². The zero-order valence-electron chi connectivity index (χ0n) is 13.7. The molecule has 0 N–H and O–H groups in total. The number of aromatic nitrogens is 1. The van der Waals surface area contributed by atoms with Gasteiger partial charge in [-0.15, -0.1) is 0 Å². The third-order valence-corrected chi connectivity index (χ3v) is 3.98. The highest BCUT2D eigenvalue weighted by molar-refractivity contribution is 5.86. The zero-order valence-corrected chi connectivity index (χ0v) is 13.7. The van der Waals surface area contributed by atoms with E-state index in [2.05, 4.69) is 24.8 Å². The second-order valence-corrected chi connectivity index (χ2v) is 6.49. The molecule has 0 aliphatic carbocycles. The summed E-state index contributed by atoms with van der Waals surface area (Å²) in [5.41, 5.74) is 1.20. The quantitative estimate of drug-likeness (QED) is 0.872. The molecule has 3 rings (SSSR count). The Hall–Kier alpha value is -2.16. The second kappa shape index (κ2) is 6.15. The Labute approximate surface area is 136 Å². The Balaban J connectivity index is 2.00. The lowest BCUT2D eigenvalue weighted by molar-refractivity contribution is -0.106. The largest absolute Gasteiger partial charge is 0.382 e. The first-order chi connectivity index (χ1) is 11.0. The Morgan fingerprint density at radius 3 is 2.96 bits per heavy atom. The number of benzene rings is 1. The van der Waals surface area contributed by atoms with Crippen LogP contribution in [0.2, 0.25) is 0 Å². The van der Waals surface area contributed by atoms with Crippen LogP contribution in [0, 0.1) is 11.3 Å². The zero-order chi connectivity index (χ0) is 16.4. The van der Waals surface area contributed by atoms with Crippen LogP contribution in [0.5, 0.6) is 0 Å². The van der Waals surface area contributed by atoms with Crippen molar-refractivity contribution in [2.24, 2.45) is 0 Å². The van der Waals surface area contributed by atoms with Crippen LogP contribution in [0.25, 0.3) is 10.9 Å². The minimum absolute atomic E-state index is 0.0115. The van der Waals surface area contributed by atoms with Crippen molar-refractivity contribution in [3.05, 3.63) is 35.9 Å². The molecular formula is C18H21N3O2. The van der Waals surface area contributed by atoms with Crippen molar-refractivity contribution >= 4 is 16.7 Å². The molecule has 1 atom stereocenters. The highest BCUT2D eigenvalue weighted by Gasteiger charge is 2.34. The van der Waals surface area contributed by atoms with Gasteiger partial charge in [0.2, 0.25) is 0 Å². The maximum absolute atomic E-state index is 9.46. The SMILES string of the molecule is COC[C@@H]1CN(c2cc(C#N)c3ccccc3n2)CC(C)(C)O1. The Morgan fingerprint density at radius 1 is 1.43 bits per heavy atom. The Morgan fingerprint density at radius 2 is 2.22 bits per heavy atom. The number of pyridine rings is 1. The number of hydrogen-bond acceptors (Lipinski definition) is 5. The van der Waals surface area contributed by atoms with E-state index >= 15 is 0 Å². The van der Waals surface area contributed by atoms with Crippen molar-refractivity contribution < 1.29 is 9.47 Å². The molecule has 0 amide bonds. The number of fused-ring (bicyclic) bond motifs is 1. The normalized spacial score (nSPS) is 20.4. The molecule has 1 aliphatic heterocycles. The van der Waals surface area contributed by atoms with Crippen LogP contribution in [0.4, 0.5) is 5.82 Å². The average molecular weight is 311 g/mol. The van der Waals surface area contributed by atoms with Gasteiger partial charge in [0.05, 0.1) is 35.5 Å². The van der Waals surface area contributed by atoms with Crippen molar-refractivity contribution in [3.63, 3.8) is 0 Å². The molecule has 0 bridgehead atoms. The van der Waals surface area contributed by atoms with Gasteiger partial charge in [0.25, 0.3) is 0 Å². The number of anilines is 1. The molecule has 5 heteroatoms. The van der Waals surface area contributed by atoms with Crippen LogP contribution in [0.15, 0.2) is 30.3 Å². The first-order valence-electron chi connectivity index (χ1n) is 7.74. The lowest BCUT2D eigenvalue weighted by atomic mass is 10.0. The molecule has 2 heterocycles. The van der Waals surface area contributed by atoms with Gasteiger partial charge in [0, 0.05) is 25.6 Å². The minimum atomic E-state index is -0.290. The molecule has 23 heavy (non-hydrogen) atoms. The summed E-state index contributed by atoms with van der Waals surface area (Å²) in [7, 11) is 1.68. The maximum atomic E-state index is 9.46. The summed E-state index contributed by atoms with van der Waals surface area (Å²) in [5, 5.41) is 10.3. The van der Waals surface area contributed by atoms with Gasteiger partial charge in [-0.3, -0.25) is 0 Å². The minimum Gasteiger partial charge on any atom is -0.382 e. The van der Waals surface area contributed by atoms with Crippen LogP contribution in [0.3, 0.4) is 0 Å². The predicted octanol–water partition coefficient (Wildman–Crippen LogP) is 2.74. The molecule has 1 aliphatic rings. The predicted molar refractivity (Wildman–Crippen MR) is 89.5 cm³/mol. The van der Waals surface area contributed by atoms with E-state index in [0.29, 0.717) is 18.7 Å². The number of hydrogen-bond donors (Lipinski definition) is 0. The van der Waals surface area contributed by atoms with Gasteiger partial charge in [-0.25, -0.2) is 4.98 Å². The fraction of sp³-hybridized carbons (Fsp3) is 0.444. The maximum Gasteiger partial charge on any atom is 0.130 e. The van der Waals surface area contributed by atoms with Crippen LogP contribution >= 0.6 is 0 Å². The molecule has 0 saturated carbocycles. The van der Waals surface area contributed by atoms with Gasteiger partial charge in [-0.1, -0.05) is 18.2 Å². The summed E-state index contributed by atoms with van der Waals surface area (Å²) in [4.78, 5) is 6.93. The summed E-state index contributed by atoms with van der Waals surface area (Å²) < 4.78 is 11.3. The molecule has 5 nitrogen and oxygen atoms in total. The number of ether oxygens (including phenoxy) is 2. The van der Waals surface area contributed by atoms with Gasteiger partial charge in [-0.05, 0) is 26.0 Å². The van der Waals surface area contributed by atoms with E-state index in [9.17, 15) is 5.26 Å². The molecule has 1 saturated heterocycles. The lowest BCUT2D eigenvalue weighted by Gasteiger charge is -2.43. The van der Waals surface area contributed by atoms with Crippen molar-refractivity contribution in [2.45, 2.75) is 25.6 Å². The van der Waals surface area contributed by atoms with Crippen LogP contribution in [-0.2, 0) is 9.47 Å². The van der Waals surface area contributed by atoms with Crippen LogP contribution in [0.1, 0.15) is 19.4 Å². The molecule has 1 aromatic carbocycles. The molecule has 0 spiro atoms. The van der Waals surface area contributed by atoms with Gasteiger partial charge in [0.1, 0.15) is 5.82 Å². The van der Waals surface area contributed by atoms with E-state index in [0.717, 1.165) is 23.3 Å². The molecule has 2 aromatic rings. The van der Waals surface area contributed by atoms with Crippen molar-refractivity contribution in [3.8, 4) is 6.07 Å². The number of nitriles is 1. The summed E-state index contributed by atoms with van der Waals surface area (Å²) in [5.74, 6) is 0.817. The molecule has 0 radical (unpaired) electrons. The van der Waals surface area contributed by atoms with Gasteiger partial charge < -0.3 is 14.4 Å². The van der Waals surface area contributed by atoms with Crippen LogP contribution < -0.4 is 4.90 Å². The van der Waals surface area contributed by atoms with Crippen molar-refractivity contribution in [2.75, 3.05) is 31.7 Å². The molecule has 0 unspecified atom stereocenters. The van der Waals surface area contributed by atoms with Gasteiger partial charge in [-0.2, -0.15) is 5.26 Å². The lowest BCUT2D eigenvalue weighted by Crippen LogP contribution is -2.54. The van der Waals surface area contributed by atoms with Crippen molar-refractivity contribution in [1.82, 2.24) is 4.98 Å².